The van der Waals surface area contributed by atoms with Crippen LogP contribution in [0.3, 0.4) is 0 Å². The summed E-state index contributed by atoms with van der Waals surface area (Å²) >= 11 is 0. The number of hydrogen-bond acceptors (Lipinski definition) is 3. The normalized spacial score (nSPS) is 13.7. The number of aryl methyl sites for hydroxylation is 1. The highest BCUT2D eigenvalue weighted by Gasteiger charge is 2.23. The molecular weight excluding hydrogens is 212 g/mol. The molecule has 1 rings (SSSR count). The molecule has 3 heteroatoms. The molecule has 0 saturated carbocycles. The number of hydrogen-bond donors (Lipinski definition) is 2. The van der Waals surface area contributed by atoms with Gasteiger partial charge in [0, 0.05) is 13.2 Å². The summed E-state index contributed by atoms with van der Waals surface area (Å²) in [6.45, 7) is 6.30. The Hall–Kier alpha value is -0.900. The van der Waals surface area contributed by atoms with E-state index in [1.54, 1.807) is 7.11 Å². The summed E-state index contributed by atoms with van der Waals surface area (Å²) in [4.78, 5) is 0. The fraction of sp³-hybridized carbons (Fsp3) is 0.571. The lowest BCUT2D eigenvalue weighted by molar-refractivity contribution is 0.00681. The number of hydrazine groups is 1. The summed E-state index contributed by atoms with van der Waals surface area (Å²) in [6, 6.07) is 8.65. The minimum Gasteiger partial charge on any atom is -0.379 e. The molecule has 0 radical (unpaired) electrons. The highest BCUT2D eigenvalue weighted by atomic mass is 16.5. The van der Waals surface area contributed by atoms with Gasteiger partial charge in [-0.2, -0.15) is 0 Å². The van der Waals surface area contributed by atoms with Crippen molar-refractivity contribution in [1.82, 2.24) is 5.43 Å². The van der Waals surface area contributed by atoms with Gasteiger partial charge in [0.1, 0.15) is 0 Å². The van der Waals surface area contributed by atoms with Gasteiger partial charge in [-0.1, -0.05) is 31.2 Å². The summed E-state index contributed by atoms with van der Waals surface area (Å²) in [5.41, 5.74) is 5.25. The van der Waals surface area contributed by atoms with E-state index in [0.717, 1.165) is 12.8 Å². The average molecular weight is 236 g/mol. The lowest BCUT2D eigenvalue weighted by atomic mass is 9.93. The molecule has 3 N–H and O–H groups in total. The van der Waals surface area contributed by atoms with E-state index in [-0.39, 0.29) is 11.6 Å². The third-order valence-electron chi connectivity index (χ3n) is 3.21. The predicted octanol–water partition coefficient (Wildman–Crippen LogP) is 2.57. The maximum atomic E-state index is 5.65. The van der Waals surface area contributed by atoms with E-state index in [1.807, 2.05) is 0 Å². The standard InChI is InChI=1S/C14H24N2O/c1-5-11-7-6-8-12(9-11)13(16-15)10-14(2,3)17-4/h6-9,13,16H,5,10,15H2,1-4H3. The summed E-state index contributed by atoms with van der Waals surface area (Å²) in [6.07, 6.45) is 1.88. The van der Waals surface area contributed by atoms with Crippen molar-refractivity contribution in [3.8, 4) is 0 Å². The van der Waals surface area contributed by atoms with Crippen LogP contribution in [0.2, 0.25) is 0 Å². The van der Waals surface area contributed by atoms with E-state index < -0.39 is 0 Å². The van der Waals surface area contributed by atoms with Gasteiger partial charge in [0.2, 0.25) is 0 Å². The Balaban J connectivity index is 2.86. The first-order valence-corrected chi connectivity index (χ1v) is 6.12. The van der Waals surface area contributed by atoms with Crippen LogP contribution in [0.15, 0.2) is 24.3 Å². The van der Waals surface area contributed by atoms with Crippen molar-refractivity contribution in [3.05, 3.63) is 35.4 Å². The van der Waals surface area contributed by atoms with Crippen molar-refractivity contribution >= 4 is 0 Å². The molecule has 0 fully saturated rings. The molecule has 0 saturated heterocycles. The molecule has 3 nitrogen and oxygen atoms in total. The van der Waals surface area contributed by atoms with Crippen LogP contribution in [0.1, 0.15) is 44.4 Å². The highest BCUT2D eigenvalue weighted by Crippen LogP contribution is 2.25. The molecule has 0 spiro atoms. The summed E-state index contributed by atoms with van der Waals surface area (Å²) in [5.74, 6) is 5.65. The van der Waals surface area contributed by atoms with Crippen LogP contribution in [0.4, 0.5) is 0 Å². The number of nitrogens with one attached hydrogen (secondary N) is 1. The van der Waals surface area contributed by atoms with Crippen LogP contribution >= 0.6 is 0 Å². The molecule has 1 unspecified atom stereocenters. The second-order valence-corrected chi connectivity index (χ2v) is 4.99. The fourth-order valence-corrected chi connectivity index (χ4v) is 1.88. The Kier molecular flexibility index (Phi) is 5.12. The quantitative estimate of drug-likeness (QED) is 0.589. The van der Waals surface area contributed by atoms with Gasteiger partial charge in [0.25, 0.3) is 0 Å². The van der Waals surface area contributed by atoms with E-state index >= 15 is 0 Å². The average Bonchev–Trinajstić information content (AvgIpc) is 2.36. The van der Waals surface area contributed by atoms with Crippen molar-refractivity contribution in [1.29, 1.82) is 0 Å². The number of rotatable bonds is 6. The smallest absolute Gasteiger partial charge is 0.0641 e. The highest BCUT2D eigenvalue weighted by molar-refractivity contribution is 5.26. The van der Waals surface area contributed by atoms with E-state index in [0.29, 0.717) is 0 Å². The summed E-state index contributed by atoms with van der Waals surface area (Å²) in [7, 11) is 1.73. The minimum absolute atomic E-state index is 0.122. The molecule has 0 aliphatic carbocycles. The van der Waals surface area contributed by atoms with Crippen molar-refractivity contribution in [2.24, 2.45) is 5.84 Å². The fourth-order valence-electron chi connectivity index (χ4n) is 1.88. The third-order valence-corrected chi connectivity index (χ3v) is 3.21. The second-order valence-electron chi connectivity index (χ2n) is 4.99. The van der Waals surface area contributed by atoms with Gasteiger partial charge in [-0.05, 0) is 37.8 Å². The zero-order valence-electron chi connectivity index (χ0n) is 11.3. The van der Waals surface area contributed by atoms with Crippen LogP contribution in [-0.2, 0) is 11.2 Å². The number of nitrogens with two attached hydrogens (primary N) is 1. The van der Waals surface area contributed by atoms with Gasteiger partial charge in [0.05, 0.1) is 5.60 Å². The first-order chi connectivity index (χ1) is 8.02. The molecule has 0 bridgehead atoms. The SMILES string of the molecule is CCc1cccc(C(CC(C)(C)OC)NN)c1. The zero-order valence-corrected chi connectivity index (χ0v) is 11.3. The molecule has 96 valence electrons. The Morgan fingerprint density at radius 2 is 2.12 bits per heavy atom. The first-order valence-electron chi connectivity index (χ1n) is 6.12. The lowest BCUT2D eigenvalue weighted by Crippen LogP contribution is -2.35. The van der Waals surface area contributed by atoms with Crippen LogP contribution in [0.25, 0.3) is 0 Å². The Morgan fingerprint density at radius 3 is 2.65 bits per heavy atom. The van der Waals surface area contributed by atoms with E-state index in [4.69, 9.17) is 10.6 Å². The number of ether oxygens (including phenoxy) is 1. The van der Waals surface area contributed by atoms with Crippen LogP contribution in [0, 0.1) is 0 Å². The van der Waals surface area contributed by atoms with Crippen molar-refractivity contribution in [2.75, 3.05) is 7.11 Å². The molecule has 1 aromatic carbocycles. The van der Waals surface area contributed by atoms with E-state index in [2.05, 4.69) is 50.5 Å². The molecule has 0 heterocycles. The van der Waals surface area contributed by atoms with Gasteiger partial charge in [-0.25, -0.2) is 0 Å². The maximum absolute atomic E-state index is 5.65. The molecule has 1 atom stereocenters. The Labute approximate surface area is 104 Å². The molecule has 0 aromatic heterocycles. The van der Waals surface area contributed by atoms with Gasteiger partial charge in [0.15, 0.2) is 0 Å². The second kappa shape index (κ2) is 6.15. The maximum Gasteiger partial charge on any atom is 0.0641 e. The van der Waals surface area contributed by atoms with E-state index in [9.17, 15) is 0 Å². The monoisotopic (exact) mass is 236 g/mol. The van der Waals surface area contributed by atoms with Crippen LogP contribution < -0.4 is 11.3 Å². The number of methoxy groups -OCH3 is 1. The predicted molar refractivity (Wildman–Crippen MR) is 71.6 cm³/mol. The van der Waals surface area contributed by atoms with Gasteiger partial charge < -0.3 is 4.74 Å². The third kappa shape index (κ3) is 4.11. The summed E-state index contributed by atoms with van der Waals surface area (Å²) in [5, 5.41) is 0. The molecular formula is C14H24N2O. The number of benzene rings is 1. The Morgan fingerprint density at radius 1 is 1.41 bits per heavy atom. The van der Waals surface area contributed by atoms with Gasteiger partial charge in [-0.15, -0.1) is 0 Å². The largest absolute Gasteiger partial charge is 0.379 e. The van der Waals surface area contributed by atoms with E-state index in [1.165, 1.54) is 11.1 Å². The molecule has 0 aliphatic heterocycles. The Bertz CT molecular complexity index is 350. The van der Waals surface area contributed by atoms with Crippen molar-refractivity contribution < 1.29 is 4.74 Å². The molecule has 1 aromatic rings. The van der Waals surface area contributed by atoms with Crippen LogP contribution in [-0.4, -0.2) is 12.7 Å². The lowest BCUT2D eigenvalue weighted by Gasteiger charge is -2.28. The first kappa shape index (κ1) is 14.2. The van der Waals surface area contributed by atoms with Gasteiger partial charge >= 0.3 is 0 Å². The van der Waals surface area contributed by atoms with Crippen molar-refractivity contribution in [3.63, 3.8) is 0 Å². The zero-order chi connectivity index (χ0) is 12.9. The minimum atomic E-state index is -0.181. The topological polar surface area (TPSA) is 47.3 Å². The molecule has 0 aliphatic rings. The molecule has 0 amide bonds. The van der Waals surface area contributed by atoms with Gasteiger partial charge in [-0.3, -0.25) is 11.3 Å². The summed E-state index contributed by atoms with van der Waals surface area (Å²) < 4.78 is 5.45. The van der Waals surface area contributed by atoms with Crippen LogP contribution in [0.5, 0.6) is 0 Å². The van der Waals surface area contributed by atoms with Crippen molar-refractivity contribution in [2.45, 2.75) is 45.3 Å². The molecule has 17 heavy (non-hydrogen) atoms.